The van der Waals surface area contributed by atoms with Gasteiger partial charge in [-0.1, -0.05) is 90.1 Å². The molecule has 4 heteroatoms. The summed E-state index contributed by atoms with van der Waals surface area (Å²) in [5.41, 5.74) is 11.8. The molecule has 50 heavy (non-hydrogen) atoms. The van der Waals surface area contributed by atoms with E-state index in [1.54, 1.807) is 6.07 Å². The summed E-state index contributed by atoms with van der Waals surface area (Å²) in [6.07, 6.45) is 0. The lowest BCUT2D eigenvalue weighted by atomic mass is 9.86. The SMILES string of the molecule is CC(C)(C)c1ccc2c(c1)c1cc(-c3ccc4c(c3)c3cc(C(C)(C)C)ccc3n4-c3cccc(C#N)c3C#N)ccc1n2-c1ccccc1. The standard InChI is InChI=1S/C46H38N4/c1-45(2,3)32-17-21-42-37(25-32)35-23-29(15-19-41(35)49(42)34-12-8-7-9-13-34)30-16-20-43-36(24-30)38-26-33(46(4,5)6)18-22-44(38)50(43)40-14-10-11-31(27-47)39(40)28-48/h7-26H,1-6H3. The van der Waals surface area contributed by atoms with E-state index in [1.807, 2.05) is 12.1 Å². The van der Waals surface area contributed by atoms with Crippen molar-refractivity contribution in [3.8, 4) is 34.6 Å². The molecule has 0 unspecified atom stereocenters. The summed E-state index contributed by atoms with van der Waals surface area (Å²) < 4.78 is 4.51. The van der Waals surface area contributed by atoms with E-state index in [4.69, 9.17) is 0 Å². The van der Waals surface area contributed by atoms with Crippen LogP contribution in [0, 0.1) is 22.7 Å². The van der Waals surface area contributed by atoms with Crippen LogP contribution in [0.1, 0.15) is 63.8 Å². The smallest absolute Gasteiger partial charge is 0.103 e. The summed E-state index contributed by atoms with van der Waals surface area (Å²) in [5, 5.41) is 24.7. The Bertz CT molecular complexity index is 2730. The van der Waals surface area contributed by atoms with Gasteiger partial charge in [0.05, 0.1) is 38.9 Å². The number of para-hydroxylation sites is 1. The van der Waals surface area contributed by atoms with Gasteiger partial charge in [-0.25, -0.2) is 0 Å². The number of rotatable bonds is 3. The fourth-order valence-corrected chi connectivity index (χ4v) is 7.39. The lowest BCUT2D eigenvalue weighted by molar-refractivity contribution is 0.591. The van der Waals surface area contributed by atoms with Gasteiger partial charge in [0.2, 0.25) is 0 Å². The van der Waals surface area contributed by atoms with E-state index in [0.717, 1.165) is 38.6 Å². The molecular weight excluding hydrogens is 609 g/mol. The minimum Gasteiger partial charge on any atom is -0.309 e. The Kier molecular flexibility index (Phi) is 7.00. The topological polar surface area (TPSA) is 57.4 Å². The first-order valence-electron chi connectivity index (χ1n) is 17.1. The molecule has 0 aliphatic rings. The van der Waals surface area contributed by atoms with Crippen molar-refractivity contribution in [2.24, 2.45) is 0 Å². The van der Waals surface area contributed by atoms with E-state index >= 15 is 0 Å². The van der Waals surface area contributed by atoms with Gasteiger partial charge >= 0.3 is 0 Å². The summed E-state index contributed by atoms with van der Waals surface area (Å²) in [6.45, 7) is 13.5. The van der Waals surface area contributed by atoms with Crippen molar-refractivity contribution in [2.75, 3.05) is 0 Å². The van der Waals surface area contributed by atoms with Crippen LogP contribution in [0.25, 0.3) is 66.1 Å². The Hall–Kier alpha value is -6.10. The molecule has 0 N–H and O–H groups in total. The molecule has 0 aliphatic carbocycles. The molecule has 0 radical (unpaired) electrons. The fraction of sp³-hybridized carbons (Fsp3) is 0.174. The van der Waals surface area contributed by atoms with Crippen LogP contribution in [0.5, 0.6) is 0 Å². The molecule has 0 atom stereocenters. The molecule has 0 spiro atoms. The van der Waals surface area contributed by atoms with E-state index in [2.05, 4.69) is 166 Å². The third-order valence-electron chi connectivity index (χ3n) is 10.1. The third kappa shape index (κ3) is 4.88. The lowest BCUT2D eigenvalue weighted by Crippen LogP contribution is -2.10. The number of nitriles is 2. The molecule has 0 bridgehead atoms. The quantitative estimate of drug-likeness (QED) is 0.192. The number of fused-ring (bicyclic) bond motifs is 6. The Labute approximate surface area is 293 Å². The van der Waals surface area contributed by atoms with Crippen LogP contribution in [0.15, 0.2) is 121 Å². The van der Waals surface area contributed by atoms with Gasteiger partial charge in [-0.05, 0) is 106 Å². The monoisotopic (exact) mass is 646 g/mol. The molecule has 0 fully saturated rings. The predicted octanol–water partition coefficient (Wildman–Crippen LogP) is 11.9. The average Bonchev–Trinajstić information content (AvgIpc) is 3.62. The average molecular weight is 647 g/mol. The van der Waals surface area contributed by atoms with Gasteiger partial charge in [-0.3, -0.25) is 0 Å². The highest BCUT2D eigenvalue weighted by Gasteiger charge is 2.22. The number of nitrogens with zero attached hydrogens (tertiary/aromatic N) is 4. The van der Waals surface area contributed by atoms with E-state index in [9.17, 15) is 10.5 Å². The maximum absolute atomic E-state index is 10.2. The van der Waals surface area contributed by atoms with Gasteiger partial charge in [0, 0.05) is 27.2 Å². The van der Waals surface area contributed by atoms with Crippen LogP contribution in [0.2, 0.25) is 0 Å². The molecule has 0 amide bonds. The van der Waals surface area contributed by atoms with Gasteiger partial charge < -0.3 is 9.13 Å². The van der Waals surface area contributed by atoms with Crippen LogP contribution >= 0.6 is 0 Å². The van der Waals surface area contributed by atoms with Crippen LogP contribution in [-0.4, -0.2) is 9.13 Å². The van der Waals surface area contributed by atoms with Crippen molar-refractivity contribution in [1.29, 1.82) is 10.5 Å². The first kappa shape index (κ1) is 31.2. The first-order valence-corrected chi connectivity index (χ1v) is 17.1. The maximum Gasteiger partial charge on any atom is 0.103 e. The third-order valence-corrected chi connectivity index (χ3v) is 10.1. The number of hydrogen-bond acceptors (Lipinski definition) is 2. The van der Waals surface area contributed by atoms with Crippen LogP contribution in [0.4, 0.5) is 0 Å². The van der Waals surface area contributed by atoms with E-state index in [-0.39, 0.29) is 10.8 Å². The molecule has 2 aromatic heterocycles. The molecule has 0 aliphatic heterocycles. The van der Waals surface area contributed by atoms with Gasteiger partial charge in [-0.15, -0.1) is 0 Å². The summed E-state index contributed by atoms with van der Waals surface area (Å²) >= 11 is 0. The van der Waals surface area contributed by atoms with Crippen molar-refractivity contribution in [2.45, 2.75) is 52.4 Å². The highest BCUT2D eigenvalue weighted by Crippen LogP contribution is 2.41. The number of hydrogen-bond donors (Lipinski definition) is 0. The fourth-order valence-electron chi connectivity index (χ4n) is 7.39. The molecule has 0 saturated heterocycles. The zero-order valence-corrected chi connectivity index (χ0v) is 29.3. The zero-order valence-electron chi connectivity index (χ0n) is 29.3. The second kappa shape index (κ2) is 11.2. The normalized spacial score (nSPS) is 12.2. The van der Waals surface area contributed by atoms with Crippen molar-refractivity contribution < 1.29 is 0 Å². The van der Waals surface area contributed by atoms with Crippen molar-refractivity contribution in [1.82, 2.24) is 9.13 Å². The van der Waals surface area contributed by atoms with Crippen molar-refractivity contribution in [3.05, 3.63) is 144 Å². The molecule has 6 aromatic carbocycles. The van der Waals surface area contributed by atoms with Gasteiger partial charge in [0.15, 0.2) is 0 Å². The lowest BCUT2D eigenvalue weighted by Gasteiger charge is -2.19. The molecule has 8 rings (SSSR count). The molecule has 0 saturated carbocycles. The Balaban J connectivity index is 1.40. The minimum absolute atomic E-state index is 0.0241. The van der Waals surface area contributed by atoms with Gasteiger partial charge in [-0.2, -0.15) is 10.5 Å². The van der Waals surface area contributed by atoms with E-state index in [1.165, 1.54) is 32.9 Å². The predicted molar refractivity (Wildman–Crippen MR) is 207 cm³/mol. The van der Waals surface area contributed by atoms with Crippen molar-refractivity contribution in [3.63, 3.8) is 0 Å². The minimum atomic E-state index is -0.0390. The summed E-state index contributed by atoms with van der Waals surface area (Å²) in [7, 11) is 0. The summed E-state index contributed by atoms with van der Waals surface area (Å²) in [4.78, 5) is 0. The number of aromatic nitrogens is 2. The van der Waals surface area contributed by atoms with Crippen LogP contribution < -0.4 is 0 Å². The molecule has 2 heterocycles. The molecule has 4 nitrogen and oxygen atoms in total. The second-order valence-corrected chi connectivity index (χ2v) is 15.4. The summed E-state index contributed by atoms with van der Waals surface area (Å²) in [5.74, 6) is 0. The highest BCUT2D eigenvalue weighted by atomic mass is 15.0. The van der Waals surface area contributed by atoms with Crippen molar-refractivity contribution >= 4 is 43.6 Å². The molecule has 8 aromatic rings. The van der Waals surface area contributed by atoms with E-state index in [0.29, 0.717) is 16.8 Å². The Morgan fingerprint density at radius 2 is 0.940 bits per heavy atom. The number of benzene rings is 6. The van der Waals surface area contributed by atoms with Gasteiger partial charge in [0.1, 0.15) is 12.1 Å². The van der Waals surface area contributed by atoms with E-state index < -0.39 is 0 Å². The second-order valence-electron chi connectivity index (χ2n) is 15.4. The molecular formula is C46H38N4. The zero-order chi connectivity index (χ0) is 34.9. The van der Waals surface area contributed by atoms with Crippen LogP contribution in [-0.2, 0) is 10.8 Å². The summed E-state index contributed by atoms with van der Waals surface area (Å²) in [6, 6.07) is 47.6. The van der Waals surface area contributed by atoms with Crippen LogP contribution in [0.3, 0.4) is 0 Å². The first-order chi connectivity index (χ1) is 24.0. The largest absolute Gasteiger partial charge is 0.309 e. The maximum atomic E-state index is 10.2. The Morgan fingerprint density at radius 3 is 1.42 bits per heavy atom. The Morgan fingerprint density at radius 1 is 0.460 bits per heavy atom. The molecule has 242 valence electrons. The highest BCUT2D eigenvalue weighted by molar-refractivity contribution is 6.13. The van der Waals surface area contributed by atoms with Gasteiger partial charge in [0.25, 0.3) is 0 Å².